The first-order valence-electron chi connectivity index (χ1n) is 6.19. The number of pyridine rings is 1. The minimum Gasteiger partial charge on any atom is -0.373 e. The first kappa shape index (κ1) is 13.4. The maximum Gasteiger partial charge on any atom is 0.416 e. The van der Waals surface area contributed by atoms with Crippen molar-refractivity contribution in [2.24, 2.45) is 0 Å². The summed E-state index contributed by atoms with van der Waals surface area (Å²) in [6, 6.07) is 8.45. The third-order valence-electron chi connectivity index (χ3n) is 3.09. The Balaban J connectivity index is 2.00. The predicted octanol–water partition coefficient (Wildman–Crippen LogP) is 3.69. The summed E-state index contributed by atoms with van der Waals surface area (Å²) >= 11 is 0. The van der Waals surface area contributed by atoms with Crippen LogP contribution in [0.2, 0.25) is 0 Å². The van der Waals surface area contributed by atoms with E-state index in [1.54, 1.807) is 13.1 Å². The van der Waals surface area contributed by atoms with Crippen LogP contribution in [-0.4, -0.2) is 22.0 Å². The standard InChI is InChI=1S/C14H11F3N4/c1-18-11-7-6-10-13(20-11)21-12(19-10)8-2-4-9(5-3-8)14(15,16)17/h2-7H,1H3,(H2,18,19,20,21). The first-order chi connectivity index (χ1) is 9.97. The average Bonchev–Trinajstić information content (AvgIpc) is 2.89. The van der Waals surface area contributed by atoms with Gasteiger partial charge in [-0.25, -0.2) is 9.97 Å². The molecule has 2 aromatic heterocycles. The molecule has 0 amide bonds. The van der Waals surface area contributed by atoms with Crippen molar-refractivity contribution in [1.82, 2.24) is 15.0 Å². The summed E-state index contributed by atoms with van der Waals surface area (Å²) < 4.78 is 37.6. The topological polar surface area (TPSA) is 53.6 Å². The molecule has 0 spiro atoms. The third kappa shape index (κ3) is 2.54. The zero-order valence-electron chi connectivity index (χ0n) is 11.0. The van der Waals surface area contributed by atoms with Crippen molar-refractivity contribution in [3.63, 3.8) is 0 Å². The molecule has 4 nitrogen and oxygen atoms in total. The number of nitrogens with one attached hydrogen (secondary N) is 2. The molecule has 0 unspecified atom stereocenters. The van der Waals surface area contributed by atoms with Crippen LogP contribution in [0.3, 0.4) is 0 Å². The summed E-state index contributed by atoms with van der Waals surface area (Å²) in [5.41, 5.74) is 1.13. The van der Waals surface area contributed by atoms with Crippen LogP contribution >= 0.6 is 0 Å². The van der Waals surface area contributed by atoms with E-state index in [0.717, 1.165) is 17.6 Å². The second-order valence-corrected chi connectivity index (χ2v) is 4.48. The van der Waals surface area contributed by atoms with Gasteiger partial charge in [-0.05, 0) is 24.3 Å². The number of halogens is 3. The monoisotopic (exact) mass is 292 g/mol. The predicted molar refractivity (Wildman–Crippen MR) is 73.9 cm³/mol. The molecule has 2 N–H and O–H groups in total. The van der Waals surface area contributed by atoms with E-state index in [1.807, 2.05) is 6.07 Å². The van der Waals surface area contributed by atoms with E-state index >= 15 is 0 Å². The van der Waals surface area contributed by atoms with Gasteiger partial charge in [-0.2, -0.15) is 13.2 Å². The Kier molecular flexibility index (Phi) is 3.04. The number of imidazole rings is 1. The molecule has 0 fully saturated rings. The van der Waals surface area contributed by atoms with E-state index in [1.165, 1.54) is 12.1 Å². The normalized spacial score (nSPS) is 11.8. The fourth-order valence-electron chi connectivity index (χ4n) is 1.99. The molecule has 3 aromatic rings. The summed E-state index contributed by atoms with van der Waals surface area (Å²) in [5.74, 6) is 1.16. The van der Waals surface area contributed by atoms with E-state index in [2.05, 4.69) is 20.3 Å². The molecule has 108 valence electrons. The molecule has 0 saturated carbocycles. The van der Waals surface area contributed by atoms with E-state index in [4.69, 9.17) is 0 Å². The highest BCUT2D eigenvalue weighted by Crippen LogP contribution is 2.30. The Hall–Kier alpha value is -2.57. The molecule has 1 aromatic carbocycles. The molecule has 0 atom stereocenters. The number of hydrogen-bond donors (Lipinski definition) is 2. The molecule has 0 radical (unpaired) electrons. The summed E-state index contributed by atoms with van der Waals surface area (Å²) in [7, 11) is 1.75. The third-order valence-corrected chi connectivity index (χ3v) is 3.09. The Labute approximate surface area is 118 Å². The van der Waals surface area contributed by atoms with E-state index in [-0.39, 0.29) is 0 Å². The second kappa shape index (κ2) is 4.76. The lowest BCUT2D eigenvalue weighted by atomic mass is 10.1. The number of H-pyrrole nitrogens is 1. The van der Waals surface area contributed by atoms with E-state index in [0.29, 0.717) is 22.9 Å². The van der Waals surface area contributed by atoms with Gasteiger partial charge in [-0.1, -0.05) is 12.1 Å². The first-order valence-corrected chi connectivity index (χ1v) is 6.19. The van der Waals surface area contributed by atoms with Gasteiger partial charge in [-0.15, -0.1) is 0 Å². The summed E-state index contributed by atoms with van der Waals surface area (Å²) in [6.07, 6.45) is -4.34. The number of anilines is 1. The molecule has 0 aliphatic heterocycles. The van der Waals surface area contributed by atoms with Crippen LogP contribution in [-0.2, 0) is 6.18 Å². The molecule has 2 heterocycles. The Morgan fingerprint density at radius 1 is 1.00 bits per heavy atom. The fourth-order valence-corrected chi connectivity index (χ4v) is 1.99. The number of benzene rings is 1. The average molecular weight is 292 g/mol. The molecular weight excluding hydrogens is 281 g/mol. The van der Waals surface area contributed by atoms with Gasteiger partial charge in [0.15, 0.2) is 5.65 Å². The van der Waals surface area contributed by atoms with Crippen molar-refractivity contribution < 1.29 is 13.2 Å². The van der Waals surface area contributed by atoms with Crippen LogP contribution in [0, 0.1) is 0 Å². The largest absolute Gasteiger partial charge is 0.416 e. The fraction of sp³-hybridized carbons (Fsp3) is 0.143. The molecule has 0 bridgehead atoms. The number of nitrogens with zero attached hydrogens (tertiary/aromatic N) is 2. The van der Waals surface area contributed by atoms with Gasteiger partial charge >= 0.3 is 6.18 Å². The van der Waals surface area contributed by atoms with Gasteiger partial charge in [0, 0.05) is 12.6 Å². The van der Waals surface area contributed by atoms with E-state index < -0.39 is 11.7 Å². The maximum atomic E-state index is 12.5. The summed E-state index contributed by atoms with van der Waals surface area (Å²) in [4.78, 5) is 11.6. The number of alkyl halides is 3. The quantitative estimate of drug-likeness (QED) is 0.757. The van der Waals surface area contributed by atoms with Gasteiger partial charge < -0.3 is 10.3 Å². The minimum atomic E-state index is -4.34. The van der Waals surface area contributed by atoms with Crippen molar-refractivity contribution in [3.8, 4) is 11.4 Å². The number of fused-ring (bicyclic) bond motifs is 1. The molecule has 0 aliphatic rings. The molecular formula is C14H11F3N4. The Morgan fingerprint density at radius 3 is 2.33 bits per heavy atom. The number of aromatic nitrogens is 3. The van der Waals surface area contributed by atoms with Crippen LogP contribution in [0.15, 0.2) is 36.4 Å². The van der Waals surface area contributed by atoms with Crippen LogP contribution in [0.1, 0.15) is 5.56 Å². The van der Waals surface area contributed by atoms with Gasteiger partial charge in [0.1, 0.15) is 11.6 Å². The van der Waals surface area contributed by atoms with Crippen LogP contribution in [0.5, 0.6) is 0 Å². The highest BCUT2D eigenvalue weighted by atomic mass is 19.4. The van der Waals surface area contributed by atoms with Crippen molar-refractivity contribution >= 4 is 17.0 Å². The van der Waals surface area contributed by atoms with Crippen LogP contribution in [0.4, 0.5) is 19.0 Å². The SMILES string of the molecule is CNc1ccc2[nH]c(-c3ccc(C(F)(F)F)cc3)nc2n1. The van der Waals surface area contributed by atoms with Gasteiger partial charge in [0.05, 0.1) is 11.1 Å². The molecule has 0 aliphatic carbocycles. The zero-order chi connectivity index (χ0) is 15.0. The number of rotatable bonds is 2. The van der Waals surface area contributed by atoms with Crippen molar-refractivity contribution in [3.05, 3.63) is 42.0 Å². The molecule has 7 heteroatoms. The van der Waals surface area contributed by atoms with Gasteiger partial charge in [0.25, 0.3) is 0 Å². The molecule has 3 rings (SSSR count). The molecule has 21 heavy (non-hydrogen) atoms. The van der Waals surface area contributed by atoms with Crippen LogP contribution in [0.25, 0.3) is 22.6 Å². The van der Waals surface area contributed by atoms with Gasteiger partial charge in [0.2, 0.25) is 0 Å². The van der Waals surface area contributed by atoms with Crippen molar-refractivity contribution in [1.29, 1.82) is 0 Å². The zero-order valence-corrected chi connectivity index (χ0v) is 11.0. The lowest BCUT2D eigenvalue weighted by Crippen LogP contribution is -2.04. The molecule has 0 saturated heterocycles. The summed E-state index contributed by atoms with van der Waals surface area (Å²) in [5, 5.41) is 2.90. The lowest BCUT2D eigenvalue weighted by Gasteiger charge is -2.06. The highest BCUT2D eigenvalue weighted by molar-refractivity contribution is 5.77. The lowest BCUT2D eigenvalue weighted by molar-refractivity contribution is -0.137. The Bertz CT molecular complexity index is 775. The van der Waals surface area contributed by atoms with Crippen molar-refractivity contribution in [2.75, 3.05) is 12.4 Å². The number of aromatic amines is 1. The number of hydrogen-bond acceptors (Lipinski definition) is 3. The van der Waals surface area contributed by atoms with E-state index in [9.17, 15) is 13.2 Å². The van der Waals surface area contributed by atoms with Crippen LogP contribution < -0.4 is 5.32 Å². The maximum absolute atomic E-state index is 12.5. The Morgan fingerprint density at radius 2 is 1.71 bits per heavy atom. The van der Waals surface area contributed by atoms with Crippen molar-refractivity contribution in [2.45, 2.75) is 6.18 Å². The second-order valence-electron chi connectivity index (χ2n) is 4.48. The van der Waals surface area contributed by atoms with Gasteiger partial charge in [-0.3, -0.25) is 0 Å². The highest BCUT2D eigenvalue weighted by Gasteiger charge is 2.30. The smallest absolute Gasteiger partial charge is 0.373 e. The summed E-state index contributed by atoms with van der Waals surface area (Å²) in [6.45, 7) is 0. The minimum absolute atomic E-state index is 0.486.